The van der Waals surface area contributed by atoms with E-state index in [9.17, 15) is 19.8 Å². The van der Waals surface area contributed by atoms with E-state index >= 15 is 0 Å². The fourth-order valence-electron chi connectivity index (χ4n) is 7.78. The van der Waals surface area contributed by atoms with Crippen LogP contribution in [0.5, 0.6) is 23.0 Å². The zero-order valence-corrected chi connectivity index (χ0v) is 37.2. The van der Waals surface area contributed by atoms with Crippen molar-refractivity contribution in [3.8, 4) is 23.0 Å². The third-order valence-corrected chi connectivity index (χ3v) is 11.0. The van der Waals surface area contributed by atoms with Gasteiger partial charge < -0.3 is 29.2 Å². The average molecular weight is 793 g/mol. The molecule has 0 unspecified atom stereocenters. The van der Waals surface area contributed by atoms with E-state index in [4.69, 9.17) is 18.9 Å². The lowest BCUT2D eigenvalue weighted by molar-refractivity contribution is -0.140. The number of carboxylic acid groups (broad SMARTS) is 2. The number of fused-ring (bicyclic) bond motifs is 8. The molecule has 5 rings (SSSR count). The summed E-state index contributed by atoms with van der Waals surface area (Å²) in [6.07, 6.45) is 1.64. The van der Waals surface area contributed by atoms with Crippen molar-refractivity contribution in [2.45, 2.75) is 130 Å². The summed E-state index contributed by atoms with van der Waals surface area (Å²) in [4.78, 5) is 24.2. The summed E-state index contributed by atoms with van der Waals surface area (Å²) in [5.41, 5.74) is 10.7. The van der Waals surface area contributed by atoms with Gasteiger partial charge in [-0.15, -0.1) is 0 Å². The zero-order chi connectivity index (χ0) is 43.1. The molecule has 8 heteroatoms. The molecule has 0 aromatic heterocycles. The normalized spacial score (nSPS) is 13.5. The minimum atomic E-state index is -1.06. The van der Waals surface area contributed by atoms with Crippen LogP contribution in [0, 0.1) is 0 Å². The first kappa shape index (κ1) is 44.1. The highest BCUT2D eigenvalue weighted by molar-refractivity contribution is 5.70. The molecule has 0 saturated heterocycles. The van der Waals surface area contributed by atoms with Gasteiger partial charge in [0, 0.05) is 25.7 Å². The highest BCUT2D eigenvalue weighted by Crippen LogP contribution is 2.44. The molecule has 312 valence electrons. The third kappa shape index (κ3) is 9.99. The highest BCUT2D eigenvalue weighted by atomic mass is 16.5. The predicted molar refractivity (Wildman–Crippen MR) is 231 cm³/mol. The van der Waals surface area contributed by atoms with Crippen molar-refractivity contribution in [1.29, 1.82) is 0 Å². The van der Waals surface area contributed by atoms with Gasteiger partial charge in [0.2, 0.25) is 0 Å². The predicted octanol–water partition coefficient (Wildman–Crippen LogP) is 10.5. The molecular formula is C50H64O8. The molecule has 0 heterocycles. The van der Waals surface area contributed by atoms with Crippen LogP contribution in [0.15, 0.2) is 48.5 Å². The Morgan fingerprint density at radius 1 is 0.414 bits per heavy atom. The van der Waals surface area contributed by atoms with E-state index in [2.05, 4.69) is 132 Å². The Labute approximate surface area is 345 Å². The van der Waals surface area contributed by atoms with Crippen molar-refractivity contribution < 1.29 is 38.7 Å². The molecule has 0 spiro atoms. The lowest BCUT2D eigenvalue weighted by Crippen LogP contribution is -2.18. The summed E-state index contributed by atoms with van der Waals surface area (Å²) in [5, 5.41) is 19.8. The van der Waals surface area contributed by atoms with Crippen LogP contribution in [0.3, 0.4) is 0 Å². The lowest BCUT2D eigenvalue weighted by Gasteiger charge is -2.29. The maximum Gasteiger partial charge on any atom is 0.341 e. The van der Waals surface area contributed by atoms with E-state index < -0.39 is 25.2 Å². The van der Waals surface area contributed by atoms with E-state index in [-0.39, 0.29) is 21.7 Å². The van der Waals surface area contributed by atoms with Gasteiger partial charge in [0.15, 0.2) is 13.2 Å². The molecule has 8 bridgehead atoms. The summed E-state index contributed by atoms with van der Waals surface area (Å²) in [7, 11) is 3.36. The number of ether oxygens (including phenoxy) is 4. The van der Waals surface area contributed by atoms with Gasteiger partial charge >= 0.3 is 11.9 Å². The number of hydrogen-bond acceptors (Lipinski definition) is 6. The number of rotatable bonds is 8. The topological polar surface area (TPSA) is 112 Å². The number of methoxy groups -OCH3 is 2. The largest absolute Gasteiger partial charge is 0.496 e. The first-order valence-corrected chi connectivity index (χ1v) is 20.2. The first-order chi connectivity index (χ1) is 26.8. The van der Waals surface area contributed by atoms with Crippen molar-refractivity contribution in [2.75, 3.05) is 27.4 Å². The van der Waals surface area contributed by atoms with Gasteiger partial charge in [-0.2, -0.15) is 0 Å². The van der Waals surface area contributed by atoms with Crippen LogP contribution in [0.1, 0.15) is 150 Å². The first-order valence-electron chi connectivity index (χ1n) is 20.2. The summed E-state index contributed by atoms with van der Waals surface area (Å²) >= 11 is 0. The minimum Gasteiger partial charge on any atom is -0.496 e. The summed E-state index contributed by atoms with van der Waals surface area (Å²) in [6.45, 7) is 25.2. The molecule has 4 aromatic rings. The van der Waals surface area contributed by atoms with Crippen molar-refractivity contribution >= 4 is 11.9 Å². The van der Waals surface area contributed by atoms with Gasteiger partial charge in [0.1, 0.15) is 23.0 Å². The van der Waals surface area contributed by atoms with E-state index in [0.717, 1.165) is 66.8 Å². The number of aliphatic carboxylic acids is 2. The Kier molecular flexibility index (Phi) is 12.4. The zero-order valence-electron chi connectivity index (χ0n) is 37.2. The average Bonchev–Trinajstić information content (AvgIpc) is 3.08. The minimum absolute atomic E-state index is 0.233. The van der Waals surface area contributed by atoms with Gasteiger partial charge in [-0.25, -0.2) is 9.59 Å². The van der Waals surface area contributed by atoms with Gasteiger partial charge in [-0.3, -0.25) is 0 Å². The second kappa shape index (κ2) is 16.3. The van der Waals surface area contributed by atoms with E-state index in [1.54, 1.807) is 14.2 Å². The van der Waals surface area contributed by atoms with E-state index in [1.807, 2.05) is 0 Å². The van der Waals surface area contributed by atoms with Crippen LogP contribution in [0.25, 0.3) is 0 Å². The Morgan fingerprint density at radius 3 is 0.759 bits per heavy atom. The van der Waals surface area contributed by atoms with Gasteiger partial charge in [0.25, 0.3) is 0 Å². The fraction of sp³-hybridized carbons (Fsp3) is 0.480. The van der Waals surface area contributed by atoms with Crippen molar-refractivity contribution in [3.63, 3.8) is 0 Å². The Balaban J connectivity index is 2.00. The maximum atomic E-state index is 12.1. The second-order valence-electron chi connectivity index (χ2n) is 20.0. The van der Waals surface area contributed by atoms with E-state index in [0.29, 0.717) is 48.7 Å². The quantitative estimate of drug-likeness (QED) is 0.160. The molecule has 0 amide bonds. The molecule has 0 radical (unpaired) electrons. The Morgan fingerprint density at radius 2 is 0.603 bits per heavy atom. The van der Waals surface area contributed by atoms with Crippen LogP contribution in [0.4, 0.5) is 0 Å². The molecule has 1 aliphatic rings. The van der Waals surface area contributed by atoms with Gasteiger partial charge in [-0.05, 0) is 88.4 Å². The smallest absolute Gasteiger partial charge is 0.341 e. The third-order valence-electron chi connectivity index (χ3n) is 11.0. The molecule has 58 heavy (non-hydrogen) atoms. The monoisotopic (exact) mass is 792 g/mol. The van der Waals surface area contributed by atoms with Crippen LogP contribution in [0.2, 0.25) is 0 Å². The molecule has 0 saturated carbocycles. The number of hydrogen-bond donors (Lipinski definition) is 2. The standard InChI is InChI=1S/C50H64O8/c1-47(2,3)37-19-29-15-33-23-39(49(7,8)9)25-35(45(33)57-27-41(51)52)17-31-21-38(48(4,5)6)22-32(44(31)56-14)18-36-26-40(50(10,11)12)24-34(46(36)58-28-42(53)54)16-30(20-37)43(29)55-13/h19-26H,15-18,27-28H2,1-14H3,(H,51,52)(H,53,54). The fourth-order valence-corrected chi connectivity index (χ4v) is 7.78. The second-order valence-corrected chi connectivity index (χ2v) is 20.0. The Hall–Kier alpha value is -4.98. The number of benzene rings is 4. The summed E-state index contributed by atoms with van der Waals surface area (Å²) in [5.74, 6) is 0.392. The molecule has 0 aliphatic heterocycles. The highest BCUT2D eigenvalue weighted by Gasteiger charge is 2.29. The SMILES string of the molecule is COc1c2cc(C(C)(C)C)cc1Cc1cc(C(C)(C)C)cc(c1OCC(=O)O)Cc1cc(C(C)(C)C)cc(c1OC)Cc1cc(C(C)(C)C)cc(c1OCC(=O)O)C2. The molecule has 0 fully saturated rings. The van der Waals surface area contributed by atoms with Crippen LogP contribution >= 0.6 is 0 Å². The van der Waals surface area contributed by atoms with Gasteiger partial charge in [-0.1, -0.05) is 132 Å². The molecule has 0 atom stereocenters. The molecule has 4 aromatic carbocycles. The lowest BCUT2D eigenvalue weighted by atomic mass is 9.79. The molecular weight excluding hydrogens is 729 g/mol. The maximum absolute atomic E-state index is 12.1. The van der Waals surface area contributed by atoms with Crippen LogP contribution < -0.4 is 18.9 Å². The molecule has 1 aliphatic carbocycles. The molecule has 8 nitrogen and oxygen atoms in total. The summed E-state index contributed by atoms with van der Waals surface area (Å²) in [6, 6.07) is 17.4. The van der Waals surface area contributed by atoms with E-state index in [1.165, 1.54) is 0 Å². The van der Waals surface area contributed by atoms with Crippen molar-refractivity contribution in [2.24, 2.45) is 0 Å². The number of carbonyl (C=O) groups is 2. The molecule has 2 N–H and O–H groups in total. The van der Waals surface area contributed by atoms with Crippen LogP contribution in [-0.2, 0) is 56.9 Å². The van der Waals surface area contributed by atoms with Crippen molar-refractivity contribution in [3.05, 3.63) is 115 Å². The Bertz CT molecular complexity index is 1950. The van der Waals surface area contributed by atoms with Crippen molar-refractivity contribution in [1.82, 2.24) is 0 Å². The summed E-state index contributed by atoms with van der Waals surface area (Å²) < 4.78 is 25.3. The number of carboxylic acids is 2. The van der Waals surface area contributed by atoms with Gasteiger partial charge in [0.05, 0.1) is 14.2 Å². The van der Waals surface area contributed by atoms with Crippen LogP contribution in [-0.4, -0.2) is 49.6 Å².